The number of nitrogens with zero attached hydrogens (tertiary/aromatic N) is 2. The second-order valence-corrected chi connectivity index (χ2v) is 2.88. The number of ether oxygens (including phenoxy) is 1. The van der Waals surface area contributed by atoms with Gasteiger partial charge in [0.1, 0.15) is 17.4 Å². The Morgan fingerprint density at radius 3 is 2.85 bits per heavy atom. The van der Waals surface area contributed by atoms with E-state index in [4.69, 9.17) is 15.6 Å². The Kier molecular flexibility index (Phi) is 1.70. The number of anilines is 1. The summed E-state index contributed by atoms with van der Waals surface area (Å²) >= 11 is 0. The summed E-state index contributed by atoms with van der Waals surface area (Å²) in [6.07, 6.45) is 1.26. The lowest BCUT2D eigenvalue weighted by Crippen LogP contribution is -2.32. The summed E-state index contributed by atoms with van der Waals surface area (Å²) in [5.74, 6) is -0.857. The molecule has 0 amide bonds. The number of carbonyl (C=O) groups is 1. The first kappa shape index (κ1) is 8.06. The zero-order valence-electron chi connectivity index (χ0n) is 6.80. The van der Waals surface area contributed by atoms with Gasteiger partial charge in [0.2, 0.25) is 0 Å². The van der Waals surface area contributed by atoms with E-state index < -0.39 is 5.97 Å². The van der Waals surface area contributed by atoms with Crippen molar-refractivity contribution >= 4 is 11.8 Å². The molecule has 0 bridgehead atoms. The summed E-state index contributed by atoms with van der Waals surface area (Å²) in [5, 5.41) is 12.6. The van der Waals surface area contributed by atoms with Crippen molar-refractivity contribution in [3.8, 4) is 0 Å². The maximum absolute atomic E-state index is 10.6. The summed E-state index contributed by atoms with van der Waals surface area (Å²) in [7, 11) is 0. The maximum Gasteiger partial charge on any atom is 0.341 e. The average molecular weight is 183 g/mol. The van der Waals surface area contributed by atoms with Gasteiger partial charge in [-0.3, -0.25) is 0 Å². The first-order valence-electron chi connectivity index (χ1n) is 3.84. The van der Waals surface area contributed by atoms with E-state index in [1.807, 2.05) is 0 Å². The SMILES string of the molecule is Nc1c(C(=O)O)cnn1C1COC1. The normalized spacial score (nSPS) is 16.9. The molecular weight excluding hydrogens is 174 g/mol. The van der Waals surface area contributed by atoms with Crippen LogP contribution in [0.25, 0.3) is 0 Å². The van der Waals surface area contributed by atoms with E-state index in [0.717, 1.165) is 0 Å². The molecule has 1 aliphatic heterocycles. The van der Waals surface area contributed by atoms with Crippen LogP contribution in [0.4, 0.5) is 5.82 Å². The van der Waals surface area contributed by atoms with E-state index in [1.165, 1.54) is 10.9 Å². The third-order valence-electron chi connectivity index (χ3n) is 2.03. The Labute approximate surface area is 73.9 Å². The number of rotatable bonds is 2. The van der Waals surface area contributed by atoms with E-state index >= 15 is 0 Å². The predicted molar refractivity (Wildman–Crippen MR) is 43.5 cm³/mol. The number of nitrogens with two attached hydrogens (primary N) is 1. The van der Waals surface area contributed by atoms with Crippen molar-refractivity contribution in [2.75, 3.05) is 18.9 Å². The number of carboxylic acid groups (broad SMARTS) is 1. The molecule has 2 heterocycles. The van der Waals surface area contributed by atoms with Gasteiger partial charge in [-0.2, -0.15) is 5.10 Å². The van der Waals surface area contributed by atoms with Gasteiger partial charge in [-0.05, 0) is 0 Å². The third-order valence-corrected chi connectivity index (χ3v) is 2.03. The van der Waals surface area contributed by atoms with Gasteiger partial charge in [-0.1, -0.05) is 0 Å². The predicted octanol–water partition coefficient (Wildman–Crippen LogP) is -0.265. The molecular formula is C7H9N3O3. The molecule has 13 heavy (non-hydrogen) atoms. The fourth-order valence-electron chi connectivity index (χ4n) is 1.19. The molecule has 1 aliphatic rings. The molecule has 1 saturated heterocycles. The Hall–Kier alpha value is -1.56. The summed E-state index contributed by atoms with van der Waals surface area (Å²) in [6, 6.07) is 0.0908. The lowest BCUT2D eigenvalue weighted by Gasteiger charge is -2.26. The molecule has 6 nitrogen and oxygen atoms in total. The van der Waals surface area contributed by atoms with Crippen molar-refractivity contribution in [1.82, 2.24) is 9.78 Å². The fourth-order valence-corrected chi connectivity index (χ4v) is 1.19. The highest BCUT2D eigenvalue weighted by molar-refractivity contribution is 5.92. The van der Waals surface area contributed by atoms with Crippen LogP contribution in [0.2, 0.25) is 0 Å². The smallest absolute Gasteiger partial charge is 0.341 e. The number of aromatic nitrogens is 2. The molecule has 70 valence electrons. The first-order valence-corrected chi connectivity index (χ1v) is 3.84. The highest BCUT2D eigenvalue weighted by Gasteiger charge is 2.25. The molecule has 0 unspecified atom stereocenters. The van der Waals surface area contributed by atoms with Gasteiger partial charge in [0.05, 0.1) is 19.4 Å². The number of hydrogen-bond donors (Lipinski definition) is 2. The van der Waals surface area contributed by atoms with Gasteiger partial charge >= 0.3 is 5.97 Å². The minimum atomic E-state index is -1.05. The van der Waals surface area contributed by atoms with E-state index in [1.54, 1.807) is 0 Å². The molecule has 0 radical (unpaired) electrons. The molecule has 6 heteroatoms. The molecule has 0 saturated carbocycles. The van der Waals surface area contributed by atoms with Gasteiger partial charge in [-0.25, -0.2) is 9.48 Å². The van der Waals surface area contributed by atoms with E-state index in [0.29, 0.717) is 13.2 Å². The standard InChI is InChI=1S/C7H9N3O3/c8-6-5(7(11)12)1-9-10(6)4-2-13-3-4/h1,4H,2-3,8H2,(H,11,12). The van der Waals surface area contributed by atoms with Gasteiger partial charge in [0.15, 0.2) is 0 Å². The Morgan fingerprint density at radius 2 is 2.46 bits per heavy atom. The van der Waals surface area contributed by atoms with Crippen LogP contribution in [0.15, 0.2) is 6.20 Å². The average Bonchev–Trinajstić information content (AvgIpc) is 2.29. The number of hydrogen-bond acceptors (Lipinski definition) is 4. The van der Waals surface area contributed by atoms with Gasteiger partial charge in [0.25, 0.3) is 0 Å². The monoisotopic (exact) mass is 183 g/mol. The number of carboxylic acids is 1. The quantitative estimate of drug-likeness (QED) is 0.658. The molecule has 0 aromatic carbocycles. The van der Waals surface area contributed by atoms with Crippen LogP contribution < -0.4 is 5.73 Å². The number of nitrogen functional groups attached to an aromatic ring is 1. The van der Waals surface area contributed by atoms with Crippen LogP contribution in [0.1, 0.15) is 16.4 Å². The van der Waals surface area contributed by atoms with Crippen molar-refractivity contribution in [3.05, 3.63) is 11.8 Å². The van der Waals surface area contributed by atoms with Crippen LogP contribution in [0.3, 0.4) is 0 Å². The van der Waals surface area contributed by atoms with Gasteiger partial charge in [-0.15, -0.1) is 0 Å². The van der Waals surface area contributed by atoms with E-state index in [9.17, 15) is 4.79 Å². The minimum Gasteiger partial charge on any atom is -0.477 e. The topological polar surface area (TPSA) is 90.4 Å². The molecule has 0 spiro atoms. The largest absolute Gasteiger partial charge is 0.477 e. The first-order chi connectivity index (χ1) is 6.20. The second-order valence-electron chi connectivity index (χ2n) is 2.88. The van der Waals surface area contributed by atoms with Crippen molar-refractivity contribution < 1.29 is 14.6 Å². The highest BCUT2D eigenvalue weighted by atomic mass is 16.5. The summed E-state index contributed by atoms with van der Waals surface area (Å²) in [5.41, 5.74) is 5.63. The molecule has 0 atom stereocenters. The summed E-state index contributed by atoms with van der Waals surface area (Å²) in [6.45, 7) is 1.09. The number of aromatic carboxylic acids is 1. The van der Waals surface area contributed by atoms with Crippen LogP contribution in [-0.2, 0) is 4.74 Å². The molecule has 1 aromatic rings. The Morgan fingerprint density at radius 1 is 1.77 bits per heavy atom. The maximum atomic E-state index is 10.6. The third kappa shape index (κ3) is 1.15. The van der Waals surface area contributed by atoms with Crippen molar-refractivity contribution in [2.24, 2.45) is 0 Å². The molecule has 3 N–H and O–H groups in total. The summed E-state index contributed by atoms with van der Waals surface area (Å²) in [4.78, 5) is 10.6. The van der Waals surface area contributed by atoms with Gasteiger partial charge < -0.3 is 15.6 Å². The van der Waals surface area contributed by atoms with Gasteiger partial charge in [0, 0.05) is 0 Å². The van der Waals surface area contributed by atoms with Crippen LogP contribution in [-0.4, -0.2) is 34.1 Å². The minimum absolute atomic E-state index is 0.0481. The molecule has 1 fully saturated rings. The zero-order chi connectivity index (χ0) is 9.42. The van der Waals surface area contributed by atoms with Crippen LogP contribution >= 0.6 is 0 Å². The van der Waals surface area contributed by atoms with Crippen molar-refractivity contribution in [1.29, 1.82) is 0 Å². The Balaban J connectivity index is 2.32. The Bertz CT molecular complexity index is 343. The van der Waals surface area contributed by atoms with Crippen molar-refractivity contribution in [2.45, 2.75) is 6.04 Å². The van der Waals surface area contributed by atoms with Crippen LogP contribution in [0, 0.1) is 0 Å². The zero-order valence-corrected chi connectivity index (χ0v) is 6.80. The molecule has 2 rings (SSSR count). The lowest BCUT2D eigenvalue weighted by molar-refractivity contribution is -0.0276. The molecule has 1 aromatic heterocycles. The van der Waals surface area contributed by atoms with E-state index in [-0.39, 0.29) is 17.4 Å². The second kappa shape index (κ2) is 2.74. The molecule has 0 aliphatic carbocycles. The van der Waals surface area contributed by atoms with Crippen LogP contribution in [0.5, 0.6) is 0 Å². The lowest BCUT2D eigenvalue weighted by atomic mass is 10.2. The highest BCUT2D eigenvalue weighted by Crippen LogP contribution is 2.22. The van der Waals surface area contributed by atoms with E-state index in [2.05, 4.69) is 5.10 Å². The fraction of sp³-hybridized carbons (Fsp3) is 0.429. The summed E-state index contributed by atoms with van der Waals surface area (Å²) < 4.78 is 6.44. The van der Waals surface area contributed by atoms with Crippen molar-refractivity contribution in [3.63, 3.8) is 0 Å².